The van der Waals surface area contributed by atoms with E-state index in [4.69, 9.17) is 4.98 Å². The molecule has 1 aliphatic rings. The fraction of sp³-hybridized carbons (Fsp3) is 0.500. The lowest BCUT2D eigenvalue weighted by molar-refractivity contribution is -0.137. The molecule has 0 unspecified atom stereocenters. The molecule has 5 nitrogen and oxygen atoms in total. The number of carbonyl (C=O) groups is 1. The number of likely N-dealkylation sites (N-methyl/N-ethyl adjacent to an activating group) is 1. The summed E-state index contributed by atoms with van der Waals surface area (Å²) in [6, 6.07) is 9.89. The largest absolute Gasteiger partial charge is 0.342 e. The predicted octanol–water partition coefficient (Wildman–Crippen LogP) is 2.93. The van der Waals surface area contributed by atoms with E-state index in [1.54, 1.807) is 0 Å². The molecule has 3 rings (SSSR count). The van der Waals surface area contributed by atoms with E-state index in [9.17, 15) is 4.79 Å². The SMILES string of the molecule is CCN(CC)C(=O)[C@H](c1ccccc1)N1CCn2c(nc(C)c2C)C1. The number of aromatic nitrogens is 2. The van der Waals surface area contributed by atoms with Gasteiger partial charge in [0, 0.05) is 31.9 Å². The van der Waals surface area contributed by atoms with Crippen LogP contribution in [-0.2, 0) is 17.9 Å². The van der Waals surface area contributed by atoms with Crippen molar-refractivity contribution in [2.75, 3.05) is 19.6 Å². The van der Waals surface area contributed by atoms with Crippen LogP contribution in [0.2, 0.25) is 0 Å². The second kappa shape index (κ2) is 7.40. The molecule has 1 amide bonds. The normalized spacial score (nSPS) is 15.7. The number of rotatable bonds is 5. The molecule has 1 atom stereocenters. The minimum Gasteiger partial charge on any atom is -0.342 e. The molecule has 0 spiro atoms. The van der Waals surface area contributed by atoms with Crippen LogP contribution in [-0.4, -0.2) is 44.9 Å². The number of carbonyl (C=O) groups excluding carboxylic acids is 1. The van der Waals surface area contributed by atoms with Crippen LogP contribution >= 0.6 is 0 Å². The highest BCUT2D eigenvalue weighted by atomic mass is 16.2. The number of fused-ring (bicyclic) bond motifs is 1. The maximum Gasteiger partial charge on any atom is 0.244 e. The zero-order valence-electron chi connectivity index (χ0n) is 15.7. The van der Waals surface area contributed by atoms with Crippen molar-refractivity contribution in [3.05, 3.63) is 53.1 Å². The number of hydrogen-bond donors (Lipinski definition) is 0. The van der Waals surface area contributed by atoms with Crippen LogP contribution in [0.1, 0.15) is 42.7 Å². The molecule has 1 aromatic carbocycles. The molecule has 0 saturated carbocycles. The molecule has 0 bridgehead atoms. The smallest absolute Gasteiger partial charge is 0.244 e. The van der Waals surface area contributed by atoms with Gasteiger partial charge in [-0.15, -0.1) is 0 Å². The number of hydrogen-bond acceptors (Lipinski definition) is 3. The third kappa shape index (κ3) is 3.33. The molecule has 0 saturated heterocycles. The Hall–Kier alpha value is -2.14. The Morgan fingerprint density at radius 1 is 1.16 bits per heavy atom. The molecule has 0 N–H and O–H groups in total. The second-order valence-corrected chi connectivity index (χ2v) is 6.64. The van der Waals surface area contributed by atoms with Gasteiger partial charge in [-0.25, -0.2) is 4.98 Å². The monoisotopic (exact) mass is 340 g/mol. The van der Waals surface area contributed by atoms with Crippen molar-refractivity contribution >= 4 is 5.91 Å². The summed E-state index contributed by atoms with van der Waals surface area (Å²) in [4.78, 5) is 22.2. The molecular formula is C20H28N4O. The van der Waals surface area contributed by atoms with Crippen LogP contribution < -0.4 is 0 Å². The molecule has 0 fully saturated rings. The van der Waals surface area contributed by atoms with Crippen molar-refractivity contribution in [3.8, 4) is 0 Å². The Balaban J connectivity index is 1.94. The van der Waals surface area contributed by atoms with Crippen molar-refractivity contribution in [1.82, 2.24) is 19.4 Å². The van der Waals surface area contributed by atoms with Gasteiger partial charge in [0.2, 0.25) is 5.91 Å². The van der Waals surface area contributed by atoms with Crippen molar-refractivity contribution < 1.29 is 4.79 Å². The van der Waals surface area contributed by atoms with Gasteiger partial charge in [-0.3, -0.25) is 9.69 Å². The van der Waals surface area contributed by atoms with Crippen LogP contribution in [0, 0.1) is 13.8 Å². The fourth-order valence-corrected chi connectivity index (χ4v) is 3.70. The predicted molar refractivity (Wildman–Crippen MR) is 99.2 cm³/mol. The Kier molecular flexibility index (Phi) is 5.23. The van der Waals surface area contributed by atoms with E-state index in [0.29, 0.717) is 6.54 Å². The first-order chi connectivity index (χ1) is 12.1. The summed E-state index contributed by atoms with van der Waals surface area (Å²) >= 11 is 0. The average molecular weight is 340 g/mol. The van der Waals surface area contributed by atoms with Crippen molar-refractivity contribution in [2.45, 2.75) is 46.8 Å². The molecule has 1 aliphatic heterocycles. The zero-order valence-corrected chi connectivity index (χ0v) is 15.7. The Morgan fingerprint density at radius 3 is 2.48 bits per heavy atom. The van der Waals surface area contributed by atoms with E-state index < -0.39 is 0 Å². The molecule has 0 radical (unpaired) electrons. The highest BCUT2D eigenvalue weighted by molar-refractivity contribution is 5.83. The fourth-order valence-electron chi connectivity index (χ4n) is 3.70. The van der Waals surface area contributed by atoms with Crippen molar-refractivity contribution in [2.24, 2.45) is 0 Å². The summed E-state index contributed by atoms with van der Waals surface area (Å²) in [5.74, 6) is 1.25. The number of nitrogens with zero attached hydrogens (tertiary/aromatic N) is 4. The average Bonchev–Trinajstić information content (AvgIpc) is 2.91. The molecule has 0 aliphatic carbocycles. The van der Waals surface area contributed by atoms with Crippen molar-refractivity contribution in [3.63, 3.8) is 0 Å². The van der Waals surface area contributed by atoms with Gasteiger partial charge in [-0.05, 0) is 33.3 Å². The quantitative estimate of drug-likeness (QED) is 0.840. The van der Waals surface area contributed by atoms with Gasteiger partial charge in [0.15, 0.2) is 0 Å². The summed E-state index contributed by atoms with van der Waals surface area (Å²) in [7, 11) is 0. The van der Waals surface area contributed by atoms with E-state index in [0.717, 1.165) is 43.3 Å². The standard InChI is InChI=1S/C20H28N4O/c1-5-22(6-2)20(25)19(17-10-8-7-9-11-17)23-12-13-24-16(4)15(3)21-18(24)14-23/h7-11,19H,5-6,12-14H2,1-4H3/t19-/m0/s1. The Morgan fingerprint density at radius 2 is 1.84 bits per heavy atom. The van der Waals surface area contributed by atoms with E-state index in [-0.39, 0.29) is 11.9 Å². The molecule has 5 heteroatoms. The first-order valence-electron chi connectivity index (χ1n) is 9.17. The van der Waals surface area contributed by atoms with Gasteiger partial charge >= 0.3 is 0 Å². The summed E-state index contributed by atoms with van der Waals surface area (Å²) < 4.78 is 2.29. The molecule has 2 aromatic rings. The highest BCUT2D eigenvalue weighted by Gasteiger charge is 2.33. The van der Waals surface area contributed by atoms with Gasteiger partial charge in [-0.2, -0.15) is 0 Å². The first kappa shape index (κ1) is 17.7. The van der Waals surface area contributed by atoms with Gasteiger partial charge < -0.3 is 9.47 Å². The Labute approximate surface area is 150 Å². The lowest BCUT2D eigenvalue weighted by atomic mass is 10.0. The number of amides is 1. The van der Waals surface area contributed by atoms with Crippen LogP contribution in [0.3, 0.4) is 0 Å². The van der Waals surface area contributed by atoms with Crippen LogP contribution in [0.25, 0.3) is 0 Å². The van der Waals surface area contributed by atoms with Crippen molar-refractivity contribution in [1.29, 1.82) is 0 Å². The van der Waals surface area contributed by atoms with E-state index >= 15 is 0 Å². The molecule has 1 aromatic heterocycles. The minimum atomic E-state index is -0.243. The van der Waals surface area contributed by atoms with Gasteiger partial charge in [-0.1, -0.05) is 30.3 Å². The Bertz CT molecular complexity index is 734. The van der Waals surface area contributed by atoms with Crippen LogP contribution in [0.15, 0.2) is 30.3 Å². The molecule has 25 heavy (non-hydrogen) atoms. The van der Waals surface area contributed by atoms with Crippen LogP contribution in [0.5, 0.6) is 0 Å². The molecule has 2 heterocycles. The minimum absolute atomic E-state index is 0.185. The summed E-state index contributed by atoms with van der Waals surface area (Å²) in [5, 5.41) is 0. The summed E-state index contributed by atoms with van der Waals surface area (Å²) in [5.41, 5.74) is 3.39. The maximum atomic E-state index is 13.2. The molecular weight excluding hydrogens is 312 g/mol. The first-order valence-corrected chi connectivity index (χ1v) is 9.17. The van der Waals surface area contributed by atoms with E-state index in [1.165, 1.54) is 5.69 Å². The lowest BCUT2D eigenvalue weighted by Crippen LogP contribution is -2.45. The number of benzene rings is 1. The highest BCUT2D eigenvalue weighted by Crippen LogP contribution is 2.28. The van der Waals surface area contributed by atoms with Gasteiger partial charge in [0.1, 0.15) is 11.9 Å². The summed E-state index contributed by atoms with van der Waals surface area (Å²) in [6.45, 7) is 12.2. The van der Waals surface area contributed by atoms with Crippen LogP contribution in [0.4, 0.5) is 0 Å². The second-order valence-electron chi connectivity index (χ2n) is 6.64. The summed E-state index contributed by atoms with van der Waals surface area (Å²) in [6.07, 6.45) is 0. The number of aryl methyl sites for hydroxylation is 1. The van der Waals surface area contributed by atoms with Gasteiger partial charge in [0.25, 0.3) is 0 Å². The molecule has 134 valence electrons. The third-order valence-electron chi connectivity index (χ3n) is 5.28. The lowest BCUT2D eigenvalue weighted by Gasteiger charge is -2.36. The maximum absolute atomic E-state index is 13.2. The number of imidazole rings is 1. The van der Waals surface area contributed by atoms with E-state index in [2.05, 4.69) is 35.4 Å². The van der Waals surface area contributed by atoms with Gasteiger partial charge in [0.05, 0.1) is 12.2 Å². The zero-order chi connectivity index (χ0) is 18.0. The topological polar surface area (TPSA) is 41.4 Å². The van der Waals surface area contributed by atoms with E-state index in [1.807, 2.05) is 36.9 Å². The third-order valence-corrected chi connectivity index (χ3v) is 5.28.